The largest absolute Gasteiger partial charge is 0.383 e. The number of aryl methyl sites for hydroxylation is 1. The van der Waals surface area contributed by atoms with Gasteiger partial charge in [-0.3, -0.25) is 4.79 Å². The first kappa shape index (κ1) is 18.9. The Balaban J connectivity index is 1.70. The lowest BCUT2D eigenvalue weighted by atomic mass is 10.1. The number of amides is 1. The zero-order chi connectivity index (χ0) is 18.5. The lowest BCUT2D eigenvalue weighted by molar-refractivity contribution is -0.116. The molecule has 2 heterocycles. The van der Waals surface area contributed by atoms with Crippen LogP contribution in [0.25, 0.3) is 0 Å². The van der Waals surface area contributed by atoms with E-state index >= 15 is 0 Å². The van der Waals surface area contributed by atoms with Crippen LogP contribution in [0.2, 0.25) is 0 Å². The van der Waals surface area contributed by atoms with Crippen LogP contribution in [-0.4, -0.2) is 46.2 Å². The molecule has 7 heteroatoms. The molecule has 140 valence electrons. The van der Waals surface area contributed by atoms with Gasteiger partial charge in [-0.1, -0.05) is 36.9 Å². The van der Waals surface area contributed by atoms with Crippen LogP contribution in [0.5, 0.6) is 0 Å². The Morgan fingerprint density at radius 1 is 1.35 bits per heavy atom. The highest BCUT2D eigenvalue weighted by Crippen LogP contribution is 2.32. The zero-order valence-corrected chi connectivity index (χ0v) is 16.5. The highest BCUT2D eigenvalue weighted by Gasteiger charge is 2.30. The standard InChI is InChI=1S/C19H26N4O2S/c1-4-7-17-20-21-19(22(17)10-11-25-3)26-13-18(24)23-14(2)12-15-8-5-6-9-16(15)23/h5-6,8-9,14H,4,7,10-13H2,1-3H3/t14-/m0/s1. The minimum atomic E-state index is 0.116. The molecule has 1 aliphatic rings. The first-order valence-electron chi connectivity index (χ1n) is 9.09. The summed E-state index contributed by atoms with van der Waals surface area (Å²) in [7, 11) is 1.69. The number of hydrogen-bond donors (Lipinski definition) is 0. The second-order valence-corrected chi connectivity index (χ2v) is 7.47. The van der Waals surface area contributed by atoms with Crippen LogP contribution in [-0.2, 0) is 28.9 Å². The number of fused-ring (bicyclic) bond motifs is 1. The maximum Gasteiger partial charge on any atom is 0.237 e. The molecule has 1 aliphatic heterocycles. The molecule has 0 saturated heterocycles. The third-order valence-electron chi connectivity index (χ3n) is 4.59. The Labute approximate surface area is 158 Å². The van der Waals surface area contributed by atoms with E-state index in [-0.39, 0.29) is 11.9 Å². The van der Waals surface area contributed by atoms with Crippen molar-refractivity contribution in [3.63, 3.8) is 0 Å². The molecule has 1 amide bonds. The summed E-state index contributed by atoms with van der Waals surface area (Å²) in [5, 5.41) is 9.39. The Hall–Kier alpha value is -1.86. The molecule has 0 saturated carbocycles. The van der Waals surface area contributed by atoms with Gasteiger partial charge in [-0.2, -0.15) is 0 Å². The van der Waals surface area contributed by atoms with E-state index in [9.17, 15) is 4.79 Å². The Kier molecular flexibility index (Phi) is 6.32. The van der Waals surface area contributed by atoms with Gasteiger partial charge < -0.3 is 14.2 Å². The van der Waals surface area contributed by atoms with Crippen LogP contribution < -0.4 is 4.90 Å². The van der Waals surface area contributed by atoms with Crippen LogP contribution in [0.4, 0.5) is 5.69 Å². The highest BCUT2D eigenvalue weighted by atomic mass is 32.2. The predicted molar refractivity (Wildman–Crippen MR) is 104 cm³/mol. The molecule has 2 aromatic rings. The second kappa shape index (κ2) is 8.68. The summed E-state index contributed by atoms with van der Waals surface area (Å²) >= 11 is 1.46. The Bertz CT molecular complexity index is 762. The van der Waals surface area contributed by atoms with Crippen molar-refractivity contribution in [2.45, 2.75) is 50.9 Å². The van der Waals surface area contributed by atoms with Crippen molar-refractivity contribution in [2.24, 2.45) is 0 Å². The number of hydrogen-bond acceptors (Lipinski definition) is 5. The van der Waals surface area contributed by atoms with Crippen molar-refractivity contribution in [1.82, 2.24) is 14.8 Å². The van der Waals surface area contributed by atoms with Gasteiger partial charge in [-0.05, 0) is 31.4 Å². The van der Waals surface area contributed by atoms with Crippen LogP contribution in [0, 0.1) is 0 Å². The molecule has 1 aromatic carbocycles. The summed E-state index contributed by atoms with van der Waals surface area (Å²) in [4.78, 5) is 14.8. The first-order valence-corrected chi connectivity index (χ1v) is 10.1. The van der Waals surface area contributed by atoms with E-state index in [4.69, 9.17) is 4.74 Å². The quantitative estimate of drug-likeness (QED) is 0.665. The van der Waals surface area contributed by atoms with E-state index in [1.807, 2.05) is 23.1 Å². The van der Waals surface area contributed by atoms with E-state index < -0.39 is 0 Å². The summed E-state index contributed by atoms with van der Waals surface area (Å²) < 4.78 is 7.28. The number of nitrogens with zero attached hydrogens (tertiary/aromatic N) is 4. The van der Waals surface area contributed by atoms with Gasteiger partial charge in [-0.25, -0.2) is 0 Å². The maximum atomic E-state index is 12.9. The first-order chi connectivity index (χ1) is 12.7. The highest BCUT2D eigenvalue weighted by molar-refractivity contribution is 7.99. The van der Waals surface area contributed by atoms with E-state index in [2.05, 4.69) is 34.7 Å². The van der Waals surface area contributed by atoms with Gasteiger partial charge in [0.2, 0.25) is 5.91 Å². The third kappa shape index (κ3) is 3.94. The van der Waals surface area contributed by atoms with Gasteiger partial charge in [-0.15, -0.1) is 10.2 Å². The fraction of sp³-hybridized carbons (Fsp3) is 0.526. The summed E-state index contributed by atoms with van der Waals surface area (Å²) in [6, 6.07) is 8.35. The van der Waals surface area contributed by atoms with Gasteiger partial charge in [0.25, 0.3) is 0 Å². The molecule has 0 radical (unpaired) electrons. The number of para-hydroxylation sites is 1. The van der Waals surface area contributed by atoms with Gasteiger partial charge in [0.15, 0.2) is 5.16 Å². The van der Waals surface area contributed by atoms with Gasteiger partial charge >= 0.3 is 0 Å². The second-order valence-electron chi connectivity index (χ2n) is 6.53. The number of carbonyl (C=O) groups is 1. The molecule has 0 spiro atoms. The number of rotatable bonds is 8. The minimum absolute atomic E-state index is 0.116. The van der Waals surface area contributed by atoms with Crippen LogP contribution >= 0.6 is 11.8 Å². The fourth-order valence-electron chi connectivity index (χ4n) is 3.38. The normalized spacial score (nSPS) is 16.1. The van der Waals surface area contributed by atoms with Crippen LogP contribution in [0.3, 0.4) is 0 Å². The zero-order valence-electron chi connectivity index (χ0n) is 15.6. The molecule has 0 aliphatic carbocycles. The topological polar surface area (TPSA) is 60.2 Å². The summed E-state index contributed by atoms with van der Waals surface area (Å²) in [6.45, 7) is 5.53. The van der Waals surface area contributed by atoms with Crippen LogP contribution in [0.15, 0.2) is 29.4 Å². The Morgan fingerprint density at radius 3 is 2.92 bits per heavy atom. The van der Waals surface area contributed by atoms with Crippen molar-refractivity contribution in [3.05, 3.63) is 35.7 Å². The molecule has 3 rings (SSSR count). The van der Waals surface area contributed by atoms with E-state index in [0.29, 0.717) is 18.9 Å². The predicted octanol–water partition coefficient (Wildman–Crippen LogP) is 2.95. The van der Waals surface area contributed by atoms with Crippen molar-refractivity contribution < 1.29 is 9.53 Å². The molecule has 0 unspecified atom stereocenters. The van der Waals surface area contributed by atoms with Crippen molar-refractivity contribution in [3.8, 4) is 0 Å². The average molecular weight is 375 g/mol. The number of ether oxygens (including phenoxy) is 1. The number of methoxy groups -OCH3 is 1. The lowest BCUT2D eigenvalue weighted by Crippen LogP contribution is -2.37. The third-order valence-corrected chi connectivity index (χ3v) is 5.54. The summed E-state index contributed by atoms with van der Waals surface area (Å²) in [5.74, 6) is 1.43. The molecule has 0 fully saturated rings. The smallest absolute Gasteiger partial charge is 0.237 e. The average Bonchev–Trinajstić information content (AvgIpc) is 3.18. The molecule has 1 aromatic heterocycles. The lowest BCUT2D eigenvalue weighted by Gasteiger charge is -2.22. The van der Waals surface area contributed by atoms with Gasteiger partial charge in [0, 0.05) is 31.8 Å². The molecular formula is C19H26N4O2S. The van der Waals surface area contributed by atoms with Crippen molar-refractivity contribution >= 4 is 23.4 Å². The van der Waals surface area contributed by atoms with Crippen molar-refractivity contribution in [1.29, 1.82) is 0 Å². The molecule has 0 bridgehead atoms. The maximum absolute atomic E-state index is 12.9. The minimum Gasteiger partial charge on any atom is -0.383 e. The van der Waals surface area contributed by atoms with E-state index in [0.717, 1.165) is 35.9 Å². The number of benzene rings is 1. The Morgan fingerprint density at radius 2 is 2.15 bits per heavy atom. The van der Waals surface area contributed by atoms with Gasteiger partial charge in [0.05, 0.1) is 12.4 Å². The van der Waals surface area contributed by atoms with E-state index in [1.54, 1.807) is 7.11 Å². The van der Waals surface area contributed by atoms with Crippen LogP contribution in [0.1, 0.15) is 31.7 Å². The van der Waals surface area contributed by atoms with Gasteiger partial charge in [0.1, 0.15) is 5.82 Å². The SMILES string of the molecule is CCCc1nnc(SCC(=O)N2c3ccccc3C[C@@H]2C)n1CCOC. The summed E-state index contributed by atoms with van der Waals surface area (Å²) in [6.07, 6.45) is 2.80. The molecule has 0 N–H and O–H groups in total. The molecule has 1 atom stereocenters. The summed E-state index contributed by atoms with van der Waals surface area (Å²) in [5.41, 5.74) is 2.28. The number of thioether (sulfide) groups is 1. The number of anilines is 1. The van der Waals surface area contributed by atoms with Crippen molar-refractivity contribution in [2.75, 3.05) is 24.4 Å². The van der Waals surface area contributed by atoms with E-state index in [1.165, 1.54) is 17.3 Å². The number of aromatic nitrogens is 3. The fourth-order valence-corrected chi connectivity index (χ4v) is 4.23. The molecular weight excluding hydrogens is 348 g/mol. The molecule has 26 heavy (non-hydrogen) atoms. The molecule has 6 nitrogen and oxygen atoms in total. The monoisotopic (exact) mass is 374 g/mol. The number of carbonyl (C=O) groups excluding carboxylic acids is 1.